The van der Waals surface area contributed by atoms with Gasteiger partial charge in [-0.15, -0.1) is 0 Å². The van der Waals surface area contributed by atoms with Crippen LogP contribution in [0.2, 0.25) is 0 Å². The largest absolute Gasteiger partial charge is 0.310 e. The van der Waals surface area contributed by atoms with E-state index in [-0.39, 0.29) is 0 Å². The van der Waals surface area contributed by atoms with E-state index in [1.807, 2.05) is 13.8 Å². The zero-order valence-corrected chi connectivity index (χ0v) is 6.24. The monoisotopic (exact) mass is 129 g/mol. The number of hydrogen-bond acceptors (Lipinski definition) is 2. The Bertz CT molecular complexity index is 81.0. The summed E-state index contributed by atoms with van der Waals surface area (Å²) in [5.41, 5.74) is 0. The average Bonchev–Trinajstić information content (AvgIpc) is 1.85. The molecule has 0 aliphatic heterocycles. The first-order chi connectivity index (χ1) is 4.31. The highest BCUT2D eigenvalue weighted by Crippen LogP contribution is 1.86. The maximum atomic E-state index is 10.7. The van der Waals surface area contributed by atoms with E-state index in [0.717, 1.165) is 13.0 Å². The minimum Gasteiger partial charge on any atom is -0.310 e. The fraction of sp³-hybridized carbons (Fsp3) is 0.857. The van der Waals surface area contributed by atoms with Crippen molar-refractivity contribution in [2.24, 2.45) is 0 Å². The summed E-state index contributed by atoms with van der Waals surface area (Å²) >= 11 is 0. The molecule has 0 bridgehead atoms. The smallest absolute Gasteiger partial charge is 0.146 e. The van der Waals surface area contributed by atoms with Crippen molar-refractivity contribution in [2.75, 3.05) is 13.1 Å². The van der Waals surface area contributed by atoms with E-state index in [9.17, 15) is 4.79 Å². The van der Waals surface area contributed by atoms with Gasteiger partial charge >= 0.3 is 0 Å². The van der Waals surface area contributed by atoms with Crippen molar-refractivity contribution < 1.29 is 4.79 Å². The second kappa shape index (κ2) is 5.76. The summed E-state index contributed by atoms with van der Waals surface area (Å²) in [5.74, 6) is 0.319. The molecule has 2 heteroatoms. The van der Waals surface area contributed by atoms with Crippen LogP contribution >= 0.6 is 0 Å². The number of rotatable bonds is 5. The molecule has 0 heterocycles. The molecule has 0 aromatic carbocycles. The molecule has 9 heavy (non-hydrogen) atoms. The van der Waals surface area contributed by atoms with Crippen LogP contribution < -0.4 is 5.32 Å². The lowest BCUT2D eigenvalue weighted by atomic mass is 10.2. The van der Waals surface area contributed by atoms with Gasteiger partial charge in [0.15, 0.2) is 0 Å². The van der Waals surface area contributed by atoms with Gasteiger partial charge in [-0.1, -0.05) is 13.8 Å². The van der Waals surface area contributed by atoms with Crippen LogP contribution in [0.4, 0.5) is 0 Å². The molecule has 0 fully saturated rings. The fourth-order valence-electron chi connectivity index (χ4n) is 0.632. The summed E-state index contributed by atoms with van der Waals surface area (Å²) in [6.07, 6.45) is 1.68. The molecular formula is C7H15NO. The number of ketones is 1. The van der Waals surface area contributed by atoms with Crippen molar-refractivity contribution in [2.45, 2.75) is 26.7 Å². The molecule has 2 nitrogen and oxygen atoms in total. The van der Waals surface area contributed by atoms with E-state index in [1.54, 1.807) is 0 Å². The Morgan fingerprint density at radius 3 is 2.56 bits per heavy atom. The van der Waals surface area contributed by atoms with E-state index in [1.165, 1.54) is 0 Å². The number of hydrogen-bond donors (Lipinski definition) is 1. The third-order valence-electron chi connectivity index (χ3n) is 1.10. The van der Waals surface area contributed by atoms with Gasteiger partial charge < -0.3 is 5.32 Å². The maximum Gasteiger partial charge on any atom is 0.146 e. The van der Waals surface area contributed by atoms with Crippen LogP contribution in [0.3, 0.4) is 0 Å². The normalized spacial score (nSPS) is 9.56. The van der Waals surface area contributed by atoms with Gasteiger partial charge in [0.25, 0.3) is 0 Å². The molecular weight excluding hydrogens is 114 g/mol. The molecule has 1 N–H and O–H groups in total. The Kier molecular flexibility index (Phi) is 5.52. The molecule has 0 saturated heterocycles. The van der Waals surface area contributed by atoms with E-state index < -0.39 is 0 Å². The van der Waals surface area contributed by atoms with Gasteiger partial charge in [-0.05, 0) is 13.0 Å². The highest BCUT2D eigenvalue weighted by Gasteiger charge is 1.95. The first kappa shape index (κ1) is 8.63. The standard InChI is InChI=1S/C7H15NO/c1-3-5-7(9)6-8-4-2/h8H,3-6H2,1-2H3. The molecule has 54 valence electrons. The van der Waals surface area contributed by atoms with E-state index >= 15 is 0 Å². The van der Waals surface area contributed by atoms with Crippen molar-refractivity contribution >= 4 is 5.78 Å². The third-order valence-corrected chi connectivity index (χ3v) is 1.10. The van der Waals surface area contributed by atoms with E-state index in [0.29, 0.717) is 18.7 Å². The molecule has 0 radical (unpaired) electrons. The SMILES string of the molecule is CCCC(=O)CNCC. The molecule has 0 saturated carbocycles. The van der Waals surface area contributed by atoms with E-state index in [4.69, 9.17) is 0 Å². The molecule has 0 amide bonds. The predicted molar refractivity (Wildman–Crippen MR) is 38.5 cm³/mol. The van der Waals surface area contributed by atoms with Crippen molar-refractivity contribution in [1.29, 1.82) is 0 Å². The molecule has 0 aromatic rings. The summed E-state index contributed by atoms with van der Waals surface area (Å²) in [5, 5.41) is 2.98. The lowest BCUT2D eigenvalue weighted by molar-refractivity contribution is -0.118. The minimum absolute atomic E-state index is 0.319. The van der Waals surface area contributed by atoms with Crippen LogP contribution in [0.15, 0.2) is 0 Å². The average molecular weight is 129 g/mol. The van der Waals surface area contributed by atoms with Gasteiger partial charge in [-0.2, -0.15) is 0 Å². The molecule has 0 aromatic heterocycles. The van der Waals surface area contributed by atoms with Crippen LogP contribution in [0, 0.1) is 0 Å². The van der Waals surface area contributed by atoms with Crippen LogP contribution in [-0.2, 0) is 4.79 Å². The molecule has 0 aliphatic rings. The zero-order chi connectivity index (χ0) is 7.11. The lowest BCUT2D eigenvalue weighted by Crippen LogP contribution is -2.21. The molecule has 0 spiro atoms. The van der Waals surface area contributed by atoms with Crippen LogP contribution in [0.5, 0.6) is 0 Å². The quantitative estimate of drug-likeness (QED) is 0.599. The summed E-state index contributed by atoms with van der Waals surface area (Å²) < 4.78 is 0. The Hall–Kier alpha value is -0.370. The predicted octanol–water partition coefficient (Wildman–Crippen LogP) is 0.965. The Labute approximate surface area is 56.6 Å². The van der Waals surface area contributed by atoms with Crippen LogP contribution in [-0.4, -0.2) is 18.9 Å². The second-order valence-electron chi connectivity index (χ2n) is 2.07. The van der Waals surface area contributed by atoms with Crippen LogP contribution in [0.25, 0.3) is 0 Å². The maximum absolute atomic E-state index is 10.7. The fourth-order valence-corrected chi connectivity index (χ4v) is 0.632. The van der Waals surface area contributed by atoms with Gasteiger partial charge in [-0.25, -0.2) is 0 Å². The highest BCUT2D eigenvalue weighted by atomic mass is 16.1. The van der Waals surface area contributed by atoms with Gasteiger partial charge in [0.05, 0.1) is 6.54 Å². The number of carbonyl (C=O) groups excluding carboxylic acids is 1. The minimum atomic E-state index is 0.319. The summed E-state index contributed by atoms with van der Waals surface area (Å²) in [7, 11) is 0. The van der Waals surface area contributed by atoms with Crippen molar-refractivity contribution in [1.82, 2.24) is 5.32 Å². The first-order valence-electron chi connectivity index (χ1n) is 3.53. The van der Waals surface area contributed by atoms with Gasteiger partial charge in [0, 0.05) is 6.42 Å². The number of Topliss-reactive ketones (excluding diaryl/α,β-unsaturated/α-hetero) is 1. The zero-order valence-electron chi connectivity index (χ0n) is 6.24. The van der Waals surface area contributed by atoms with E-state index in [2.05, 4.69) is 5.32 Å². The molecule has 0 unspecified atom stereocenters. The lowest BCUT2D eigenvalue weighted by Gasteiger charge is -1.97. The first-order valence-corrected chi connectivity index (χ1v) is 3.53. The topological polar surface area (TPSA) is 29.1 Å². The van der Waals surface area contributed by atoms with Crippen LogP contribution in [0.1, 0.15) is 26.7 Å². The van der Waals surface area contributed by atoms with Crippen molar-refractivity contribution in [3.05, 3.63) is 0 Å². The Balaban J connectivity index is 3.06. The summed E-state index contributed by atoms with van der Waals surface area (Å²) in [4.78, 5) is 10.7. The van der Waals surface area contributed by atoms with Gasteiger partial charge in [0.1, 0.15) is 5.78 Å². The molecule has 0 aliphatic carbocycles. The van der Waals surface area contributed by atoms with Gasteiger partial charge in [-0.3, -0.25) is 4.79 Å². The highest BCUT2D eigenvalue weighted by molar-refractivity contribution is 5.80. The Morgan fingerprint density at radius 1 is 1.44 bits per heavy atom. The Morgan fingerprint density at radius 2 is 2.11 bits per heavy atom. The third kappa shape index (κ3) is 5.50. The number of nitrogens with one attached hydrogen (secondary N) is 1. The number of carbonyl (C=O) groups is 1. The second-order valence-corrected chi connectivity index (χ2v) is 2.07. The summed E-state index contributed by atoms with van der Waals surface area (Å²) in [6.45, 7) is 5.45. The number of likely N-dealkylation sites (N-methyl/N-ethyl adjacent to an activating group) is 1. The summed E-state index contributed by atoms with van der Waals surface area (Å²) in [6, 6.07) is 0. The van der Waals surface area contributed by atoms with Crippen molar-refractivity contribution in [3.63, 3.8) is 0 Å². The van der Waals surface area contributed by atoms with Gasteiger partial charge in [0.2, 0.25) is 0 Å². The molecule has 0 atom stereocenters. The van der Waals surface area contributed by atoms with Crippen molar-refractivity contribution in [3.8, 4) is 0 Å². The molecule has 0 rings (SSSR count).